The number of methoxy groups -OCH3 is 2. The highest BCUT2D eigenvalue weighted by Crippen LogP contribution is 2.18. The second kappa shape index (κ2) is 7.13. The fraction of sp³-hybridized carbons (Fsp3) is 0.692. The first-order chi connectivity index (χ1) is 9.31. The van der Waals surface area contributed by atoms with Gasteiger partial charge in [0.25, 0.3) is 0 Å². The fourth-order valence-corrected chi connectivity index (χ4v) is 2.07. The molecule has 106 valence electrons. The maximum atomic E-state index is 5.68. The van der Waals surface area contributed by atoms with Crippen LogP contribution in [0.1, 0.15) is 25.7 Å². The summed E-state index contributed by atoms with van der Waals surface area (Å²) < 4.78 is 15.9. The third-order valence-corrected chi connectivity index (χ3v) is 3.12. The Morgan fingerprint density at radius 1 is 1.26 bits per heavy atom. The smallest absolute Gasteiger partial charge is 0.229 e. The predicted molar refractivity (Wildman–Crippen MR) is 71.8 cm³/mol. The maximum Gasteiger partial charge on any atom is 0.229 e. The Morgan fingerprint density at radius 3 is 2.58 bits per heavy atom. The van der Waals surface area contributed by atoms with Crippen LogP contribution in [0.25, 0.3) is 0 Å². The van der Waals surface area contributed by atoms with Crippen LogP contribution in [0.4, 0.5) is 5.95 Å². The first-order valence-corrected chi connectivity index (χ1v) is 6.64. The molecule has 0 spiro atoms. The molecule has 1 unspecified atom stereocenters. The van der Waals surface area contributed by atoms with E-state index < -0.39 is 0 Å². The van der Waals surface area contributed by atoms with Gasteiger partial charge in [0.05, 0.1) is 26.4 Å². The Labute approximate surface area is 113 Å². The summed E-state index contributed by atoms with van der Waals surface area (Å²) in [5.41, 5.74) is 0. The van der Waals surface area contributed by atoms with Gasteiger partial charge in [0.2, 0.25) is 17.7 Å². The molecule has 0 aromatic carbocycles. The highest BCUT2D eigenvalue weighted by molar-refractivity contribution is 5.33. The van der Waals surface area contributed by atoms with E-state index in [-0.39, 0.29) is 0 Å². The average molecular weight is 267 g/mol. The van der Waals surface area contributed by atoms with E-state index in [1.807, 2.05) is 0 Å². The van der Waals surface area contributed by atoms with Gasteiger partial charge >= 0.3 is 0 Å². The van der Waals surface area contributed by atoms with Gasteiger partial charge in [-0.2, -0.15) is 9.97 Å². The Balaban J connectivity index is 1.84. The van der Waals surface area contributed by atoms with E-state index in [2.05, 4.69) is 15.3 Å². The van der Waals surface area contributed by atoms with Crippen molar-refractivity contribution < 1.29 is 14.2 Å². The van der Waals surface area contributed by atoms with Gasteiger partial charge in [0, 0.05) is 13.2 Å². The minimum atomic E-state index is 0.355. The topological polar surface area (TPSA) is 65.5 Å². The highest BCUT2D eigenvalue weighted by atomic mass is 16.5. The van der Waals surface area contributed by atoms with Crippen LogP contribution in [-0.4, -0.2) is 43.4 Å². The molecule has 1 aromatic rings. The summed E-state index contributed by atoms with van der Waals surface area (Å²) in [6.07, 6.45) is 4.90. The Kier molecular flexibility index (Phi) is 5.20. The number of nitrogens with zero attached hydrogens (tertiary/aromatic N) is 2. The second-order valence-electron chi connectivity index (χ2n) is 4.48. The van der Waals surface area contributed by atoms with Crippen LogP contribution in [0.2, 0.25) is 0 Å². The summed E-state index contributed by atoms with van der Waals surface area (Å²) in [5, 5.41) is 3.18. The molecule has 1 aromatic heterocycles. The summed E-state index contributed by atoms with van der Waals surface area (Å²) in [6, 6.07) is 1.65. The number of rotatable bonds is 6. The van der Waals surface area contributed by atoms with E-state index >= 15 is 0 Å². The van der Waals surface area contributed by atoms with Gasteiger partial charge in [-0.15, -0.1) is 0 Å². The van der Waals surface area contributed by atoms with Crippen molar-refractivity contribution in [3.8, 4) is 11.8 Å². The van der Waals surface area contributed by atoms with Crippen molar-refractivity contribution >= 4 is 5.95 Å². The normalized spacial score (nSPS) is 18.9. The van der Waals surface area contributed by atoms with Gasteiger partial charge in [-0.25, -0.2) is 0 Å². The van der Waals surface area contributed by atoms with Crippen molar-refractivity contribution in [1.29, 1.82) is 0 Å². The van der Waals surface area contributed by atoms with E-state index in [1.165, 1.54) is 12.8 Å². The van der Waals surface area contributed by atoms with Crippen LogP contribution in [-0.2, 0) is 4.74 Å². The summed E-state index contributed by atoms with van der Waals surface area (Å²) >= 11 is 0. The maximum absolute atomic E-state index is 5.68. The molecular weight excluding hydrogens is 246 g/mol. The fourth-order valence-electron chi connectivity index (χ4n) is 2.07. The molecule has 19 heavy (non-hydrogen) atoms. The van der Waals surface area contributed by atoms with E-state index in [0.717, 1.165) is 26.0 Å². The van der Waals surface area contributed by atoms with Crippen molar-refractivity contribution in [2.75, 3.05) is 32.7 Å². The molecule has 1 atom stereocenters. The standard InChI is InChI=1S/C13H21N3O3/c1-17-11-9-12(18-2)16-13(15-11)14-7-6-10-5-3-4-8-19-10/h9-10H,3-8H2,1-2H3,(H,14,15,16). The van der Waals surface area contributed by atoms with Crippen LogP contribution >= 0.6 is 0 Å². The number of nitrogens with one attached hydrogen (secondary N) is 1. The third-order valence-electron chi connectivity index (χ3n) is 3.12. The van der Waals surface area contributed by atoms with Crippen molar-refractivity contribution in [2.24, 2.45) is 0 Å². The molecule has 1 aliphatic heterocycles. The lowest BCUT2D eigenvalue weighted by atomic mass is 10.1. The monoisotopic (exact) mass is 267 g/mol. The van der Waals surface area contributed by atoms with E-state index in [4.69, 9.17) is 14.2 Å². The van der Waals surface area contributed by atoms with Crippen LogP contribution in [0, 0.1) is 0 Å². The molecule has 1 aliphatic rings. The number of anilines is 1. The minimum absolute atomic E-state index is 0.355. The second-order valence-corrected chi connectivity index (χ2v) is 4.48. The molecular formula is C13H21N3O3. The van der Waals surface area contributed by atoms with Gasteiger partial charge in [0.1, 0.15) is 0 Å². The Morgan fingerprint density at radius 2 is 2.00 bits per heavy atom. The van der Waals surface area contributed by atoms with Gasteiger partial charge in [0.15, 0.2) is 0 Å². The van der Waals surface area contributed by atoms with Crippen LogP contribution in [0.15, 0.2) is 6.07 Å². The molecule has 2 heterocycles. The molecule has 0 radical (unpaired) electrons. The summed E-state index contributed by atoms with van der Waals surface area (Å²) in [7, 11) is 3.14. The van der Waals surface area contributed by atoms with Gasteiger partial charge in [-0.05, 0) is 25.7 Å². The van der Waals surface area contributed by atoms with E-state index in [1.54, 1.807) is 20.3 Å². The van der Waals surface area contributed by atoms with Crippen molar-refractivity contribution in [1.82, 2.24) is 9.97 Å². The zero-order valence-corrected chi connectivity index (χ0v) is 11.5. The van der Waals surface area contributed by atoms with E-state index in [9.17, 15) is 0 Å². The summed E-state index contributed by atoms with van der Waals surface area (Å²) in [4.78, 5) is 8.43. The molecule has 0 amide bonds. The van der Waals surface area contributed by atoms with Gasteiger partial charge in [-0.3, -0.25) is 0 Å². The Hall–Kier alpha value is -1.56. The first-order valence-electron chi connectivity index (χ1n) is 6.64. The third kappa shape index (κ3) is 4.24. The molecule has 6 nitrogen and oxygen atoms in total. The Bertz CT molecular complexity index is 372. The average Bonchev–Trinajstić information content (AvgIpc) is 2.48. The number of aromatic nitrogens is 2. The summed E-state index contributed by atoms with van der Waals surface area (Å²) in [5.74, 6) is 1.50. The van der Waals surface area contributed by atoms with Gasteiger partial charge < -0.3 is 19.5 Å². The quantitative estimate of drug-likeness (QED) is 0.848. The van der Waals surface area contributed by atoms with Crippen LogP contribution in [0.3, 0.4) is 0 Å². The van der Waals surface area contributed by atoms with Crippen molar-refractivity contribution in [2.45, 2.75) is 31.8 Å². The lowest BCUT2D eigenvalue weighted by Crippen LogP contribution is -2.22. The number of hydrogen-bond donors (Lipinski definition) is 1. The van der Waals surface area contributed by atoms with E-state index in [0.29, 0.717) is 23.8 Å². The molecule has 0 aliphatic carbocycles. The highest BCUT2D eigenvalue weighted by Gasteiger charge is 2.13. The lowest BCUT2D eigenvalue weighted by molar-refractivity contribution is 0.0134. The van der Waals surface area contributed by atoms with Crippen molar-refractivity contribution in [3.05, 3.63) is 6.07 Å². The largest absolute Gasteiger partial charge is 0.481 e. The molecule has 1 saturated heterocycles. The lowest BCUT2D eigenvalue weighted by Gasteiger charge is -2.22. The number of hydrogen-bond acceptors (Lipinski definition) is 6. The SMILES string of the molecule is COc1cc(OC)nc(NCCC2CCCCO2)n1. The molecule has 0 bridgehead atoms. The van der Waals surface area contributed by atoms with Crippen LogP contribution < -0.4 is 14.8 Å². The number of ether oxygens (including phenoxy) is 3. The molecule has 1 N–H and O–H groups in total. The van der Waals surface area contributed by atoms with Crippen molar-refractivity contribution in [3.63, 3.8) is 0 Å². The predicted octanol–water partition coefficient (Wildman–Crippen LogP) is 1.86. The molecule has 6 heteroatoms. The molecule has 0 saturated carbocycles. The summed E-state index contributed by atoms with van der Waals surface area (Å²) in [6.45, 7) is 1.66. The van der Waals surface area contributed by atoms with Gasteiger partial charge in [-0.1, -0.05) is 0 Å². The zero-order chi connectivity index (χ0) is 13.5. The first kappa shape index (κ1) is 13.9. The van der Waals surface area contributed by atoms with Crippen LogP contribution in [0.5, 0.6) is 11.8 Å². The molecule has 2 rings (SSSR count). The minimum Gasteiger partial charge on any atom is -0.481 e. The zero-order valence-electron chi connectivity index (χ0n) is 11.5. The molecule has 1 fully saturated rings.